The molecule has 1 heterocycles. The van der Waals surface area contributed by atoms with Gasteiger partial charge in [0, 0.05) is 16.3 Å². The molecule has 0 saturated heterocycles. The number of carbonyl (C=O) groups excluding carboxylic acids is 2. The van der Waals surface area contributed by atoms with Crippen LogP contribution in [-0.2, 0) is 14.3 Å². The summed E-state index contributed by atoms with van der Waals surface area (Å²) in [5, 5.41) is 6.61. The summed E-state index contributed by atoms with van der Waals surface area (Å²) in [6, 6.07) is 16.8. The fourth-order valence-electron chi connectivity index (χ4n) is 3.07. The summed E-state index contributed by atoms with van der Waals surface area (Å²) in [7, 11) is 0. The lowest BCUT2D eigenvalue weighted by Crippen LogP contribution is -2.31. The highest BCUT2D eigenvalue weighted by molar-refractivity contribution is 8.14. The van der Waals surface area contributed by atoms with Crippen LogP contribution in [0.2, 0.25) is 0 Å². The van der Waals surface area contributed by atoms with Crippen LogP contribution in [0.1, 0.15) is 25.5 Å². The molecule has 2 aromatic rings. The smallest absolute Gasteiger partial charge is 0.338 e. The van der Waals surface area contributed by atoms with Crippen molar-refractivity contribution in [2.24, 2.45) is 4.99 Å². The molecule has 1 atom stereocenters. The van der Waals surface area contributed by atoms with Gasteiger partial charge in [0.15, 0.2) is 5.17 Å². The van der Waals surface area contributed by atoms with Gasteiger partial charge < -0.3 is 15.4 Å². The van der Waals surface area contributed by atoms with Gasteiger partial charge in [-0.2, -0.15) is 0 Å². The van der Waals surface area contributed by atoms with Crippen molar-refractivity contribution < 1.29 is 14.3 Å². The Balaban J connectivity index is 1.78. The second-order valence-electron chi connectivity index (χ2n) is 6.70. The van der Waals surface area contributed by atoms with Crippen LogP contribution in [0.25, 0.3) is 0 Å². The van der Waals surface area contributed by atoms with E-state index in [2.05, 4.69) is 10.6 Å². The van der Waals surface area contributed by atoms with Crippen LogP contribution in [0.3, 0.4) is 0 Å². The van der Waals surface area contributed by atoms with Crippen LogP contribution in [0.4, 0.5) is 5.69 Å². The lowest BCUT2D eigenvalue weighted by molar-refractivity contribution is -0.139. The maximum Gasteiger partial charge on any atom is 0.338 e. The van der Waals surface area contributed by atoms with E-state index in [0.717, 1.165) is 16.1 Å². The summed E-state index contributed by atoms with van der Waals surface area (Å²) in [6.07, 6.45) is 2.01. The predicted octanol–water partition coefficient (Wildman–Crippen LogP) is 4.62. The Hall–Kier alpha value is -2.71. The molecule has 8 heteroatoms. The molecule has 0 spiro atoms. The summed E-state index contributed by atoms with van der Waals surface area (Å²) in [4.78, 5) is 30.8. The summed E-state index contributed by atoms with van der Waals surface area (Å²) in [6.45, 7) is 3.90. The van der Waals surface area contributed by atoms with Gasteiger partial charge in [0.05, 0.1) is 17.9 Å². The number of hydrogen-bond donors (Lipinski definition) is 2. The van der Waals surface area contributed by atoms with Gasteiger partial charge >= 0.3 is 5.97 Å². The first-order valence-corrected chi connectivity index (χ1v) is 12.1. The summed E-state index contributed by atoms with van der Waals surface area (Å²) >= 11 is 2.95. The number of ether oxygens (including phenoxy) is 1. The Morgan fingerprint density at radius 3 is 2.48 bits per heavy atom. The summed E-state index contributed by atoms with van der Waals surface area (Å²) in [5.41, 5.74) is 2.81. The van der Waals surface area contributed by atoms with Gasteiger partial charge in [-0.1, -0.05) is 42.1 Å². The molecule has 31 heavy (non-hydrogen) atoms. The van der Waals surface area contributed by atoms with Crippen molar-refractivity contribution in [1.29, 1.82) is 0 Å². The Labute approximate surface area is 190 Å². The van der Waals surface area contributed by atoms with E-state index in [9.17, 15) is 9.59 Å². The van der Waals surface area contributed by atoms with E-state index in [1.54, 1.807) is 18.7 Å². The number of thioether (sulfide) groups is 2. The monoisotopic (exact) mass is 455 g/mol. The van der Waals surface area contributed by atoms with Crippen molar-refractivity contribution in [3.8, 4) is 0 Å². The maximum absolute atomic E-state index is 12.6. The van der Waals surface area contributed by atoms with E-state index in [1.807, 2.05) is 67.8 Å². The van der Waals surface area contributed by atoms with Crippen molar-refractivity contribution in [3.05, 3.63) is 71.4 Å². The number of carbonyl (C=O) groups is 2. The van der Waals surface area contributed by atoms with E-state index < -0.39 is 6.04 Å². The molecule has 2 N–H and O–H groups in total. The first kappa shape index (κ1) is 23.0. The standard InChI is InChI=1S/C23H25N3O3S2/c1-4-29-22(28)20-15(2)24-23(26-21(20)16-10-12-18(30-3)13-11-16)31-14-19(27)25-17-8-6-5-7-9-17/h5-13,21H,4,14H2,1-3H3,(H,24,26)(H,25,27)/t21-/m0/s1. The average molecular weight is 456 g/mol. The maximum atomic E-state index is 12.6. The molecular weight excluding hydrogens is 430 g/mol. The van der Waals surface area contributed by atoms with Gasteiger partial charge in [0.1, 0.15) is 6.04 Å². The molecule has 0 bridgehead atoms. The third-order valence-electron chi connectivity index (χ3n) is 4.54. The Morgan fingerprint density at radius 1 is 1.13 bits per heavy atom. The molecule has 0 fully saturated rings. The lowest BCUT2D eigenvalue weighted by atomic mass is 9.97. The molecule has 0 aliphatic carbocycles. The fraction of sp³-hybridized carbons (Fsp3) is 0.261. The molecule has 2 aromatic carbocycles. The van der Waals surface area contributed by atoms with Crippen LogP contribution < -0.4 is 10.6 Å². The highest BCUT2D eigenvalue weighted by atomic mass is 32.2. The lowest BCUT2D eigenvalue weighted by Gasteiger charge is -2.25. The summed E-state index contributed by atoms with van der Waals surface area (Å²) in [5.74, 6) is -0.318. The third kappa shape index (κ3) is 6.15. The van der Waals surface area contributed by atoms with Crippen molar-refractivity contribution in [1.82, 2.24) is 5.32 Å². The van der Waals surface area contributed by atoms with Gasteiger partial charge in [0.25, 0.3) is 0 Å². The molecule has 6 nitrogen and oxygen atoms in total. The molecular formula is C23H25N3O3S2. The number of amides is 1. The minimum absolute atomic E-state index is 0.126. The molecule has 162 valence electrons. The number of esters is 1. The topological polar surface area (TPSA) is 79.8 Å². The van der Waals surface area contributed by atoms with Crippen molar-refractivity contribution in [3.63, 3.8) is 0 Å². The van der Waals surface area contributed by atoms with Crippen molar-refractivity contribution >= 4 is 46.3 Å². The molecule has 1 aliphatic heterocycles. The second-order valence-corrected chi connectivity index (χ2v) is 8.54. The molecule has 1 amide bonds. The highest BCUT2D eigenvalue weighted by Gasteiger charge is 2.30. The Kier molecular flexibility index (Phi) is 8.20. The first-order chi connectivity index (χ1) is 15.0. The average Bonchev–Trinajstić information content (AvgIpc) is 2.78. The number of rotatable bonds is 7. The van der Waals surface area contributed by atoms with Gasteiger partial charge in [0.2, 0.25) is 5.91 Å². The largest absolute Gasteiger partial charge is 0.463 e. The van der Waals surface area contributed by atoms with Gasteiger partial charge in [-0.25, -0.2) is 9.79 Å². The van der Waals surface area contributed by atoms with Crippen LogP contribution >= 0.6 is 23.5 Å². The van der Waals surface area contributed by atoms with Crippen LogP contribution in [0, 0.1) is 0 Å². The third-order valence-corrected chi connectivity index (χ3v) is 6.17. The number of anilines is 1. The number of aliphatic imine (C=N–C) groups is 1. The zero-order chi connectivity index (χ0) is 22.2. The quantitative estimate of drug-likeness (QED) is 0.469. The van der Waals surface area contributed by atoms with Crippen LogP contribution in [-0.4, -0.2) is 35.7 Å². The number of hydrogen-bond acceptors (Lipinski definition) is 7. The number of benzene rings is 2. The van der Waals surface area contributed by atoms with E-state index in [1.165, 1.54) is 11.8 Å². The number of nitrogens with zero attached hydrogens (tertiary/aromatic N) is 1. The van der Waals surface area contributed by atoms with E-state index in [0.29, 0.717) is 23.0 Å². The van der Waals surface area contributed by atoms with Gasteiger partial charge in [-0.15, -0.1) is 11.8 Å². The second kappa shape index (κ2) is 11.1. The highest BCUT2D eigenvalue weighted by Crippen LogP contribution is 2.33. The number of amidine groups is 1. The molecule has 3 rings (SSSR count). The number of nitrogens with one attached hydrogen (secondary N) is 2. The first-order valence-electron chi connectivity index (χ1n) is 9.86. The van der Waals surface area contributed by atoms with E-state index in [-0.39, 0.29) is 17.6 Å². The van der Waals surface area contributed by atoms with Crippen molar-refractivity contribution in [2.45, 2.75) is 24.8 Å². The SMILES string of the molecule is CCOC(=O)C1=C(C)NC(SCC(=O)Nc2ccccc2)=N[C@H]1c1ccc(SC)cc1. The zero-order valence-electron chi connectivity index (χ0n) is 17.7. The van der Waals surface area contributed by atoms with Crippen LogP contribution in [0.5, 0.6) is 0 Å². The van der Waals surface area contributed by atoms with Crippen LogP contribution in [0.15, 0.2) is 75.8 Å². The number of para-hydroxylation sites is 1. The molecule has 0 saturated carbocycles. The summed E-state index contributed by atoms with van der Waals surface area (Å²) < 4.78 is 5.27. The Morgan fingerprint density at radius 2 is 1.84 bits per heavy atom. The molecule has 0 radical (unpaired) electrons. The van der Waals surface area contributed by atoms with Gasteiger partial charge in [-0.05, 0) is 49.9 Å². The van der Waals surface area contributed by atoms with Gasteiger partial charge in [-0.3, -0.25) is 4.79 Å². The zero-order valence-corrected chi connectivity index (χ0v) is 19.3. The Bertz CT molecular complexity index is 989. The molecule has 0 unspecified atom stereocenters. The van der Waals surface area contributed by atoms with Crippen molar-refractivity contribution in [2.75, 3.05) is 23.9 Å². The predicted molar refractivity (Wildman–Crippen MR) is 128 cm³/mol. The minimum Gasteiger partial charge on any atom is -0.463 e. The molecule has 0 aromatic heterocycles. The fourth-order valence-corrected chi connectivity index (χ4v) is 4.23. The number of allylic oxidation sites excluding steroid dienone is 1. The minimum atomic E-state index is -0.490. The normalized spacial score (nSPS) is 15.7. The van der Waals surface area contributed by atoms with E-state index in [4.69, 9.17) is 9.73 Å². The molecule has 1 aliphatic rings. The van der Waals surface area contributed by atoms with E-state index >= 15 is 0 Å².